The molecule has 1 aromatic carbocycles. The monoisotopic (exact) mass is 283 g/mol. The van der Waals surface area contributed by atoms with Crippen LogP contribution in [0.2, 0.25) is 0 Å². The number of hydrogen-bond acceptors (Lipinski definition) is 5. The summed E-state index contributed by atoms with van der Waals surface area (Å²) >= 11 is 1.93. The van der Waals surface area contributed by atoms with Crippen LogP contribution >= 0.6 is 11.8 Å². The SMILES string of the molecule is COc1cc(C2NCCC(C)S2)cc(OC)c1OC. The highest BCUT2D eigenvalue weighted by atomic mass is 32.2. The summed E-state index contributed by atoms with van der Waals surface area (Å²) in [5.74, 6) is 2.05. The summed E-state index contributed by atoms with van der Waals surface area (Å²) in [7, 11) is 4.91. The zero-order valence-electron chi connectivity index (χ0n) is 11.9. The smallest absolute Gasteiger partial charge is 0.203 e. The van der Waals surface area contributed by atoms with Crippen molar-refractivity contribution in [3.05, 3.63) is 17.7 Å². The van der Waals surface area contributed by atoms with Crippen molar-refractivity contribution < 1.29 is 14.2 Å². The number of ether oxygens (including phenoxy) is 3. The fourth-order valence-corrected chi connectivity index (χ4v) is 3.44. The van der Waals surface area contributed by atoms with Gasteiger partial charge in [-0.15, -0.1) is 11.8 Å². The van der Waals surface area contributed by atoms with Gasteiger partial charge in [-0.3, -0.25) is 0 Å². The summed E-state index contributed by atoms with van der Waals surface area (Å²) in [6.07, 6.45) is 1.20. The Labute approximate surface area is 118 Å². The molecule has 4 nitrogen and oxygen atoms in total. The van der Waals surface area contributed by atoms with Crippen molar-refractivity contribution in [2.24, 2.45) is 0 Å². The highest BCUT2D eigenvalue weighted by Crippen LogP contribution is 2.43. The van der Waals surface area contributed by atoms with E-state index < -0.39 is 0 Å². The summed E-state index contributed by atoms with van der Waals surface area (Å²) in [6, 6.07) is 4.04. The third-order valence-corrected chi connectivity index (χ3v) is 4.65. The fourth-order valence-electron chi connectivity index (χ4n) is 2.22. The van der Waals surface area contributed by atoms with Gasteiger partial charge < -0.3 is 19.5 Å². The van der Waals surface area contributed by atoms with Crippen molar-refractivity contribution in [3.63, 3.8) is 0 Å². The number of thioether (sulfide) groups is 1. The largest absolute Gasteiger partial charge is 0.493 e. The molecular weight excluding hydrogens is 262 g/mol. The Kier molecular flexibility index (Phi) is 4.82. The molecule has 1 aliphatic heterocycles. The molecule has 1 N–H and O–H groups in total. The molecule has 0 bridgehead atoms. The number of methoxy groups -OCH3 is 3. The molecule has 1 fully saturated rings. The van der Waals surface area contributed by atoms with E-state index in [1.807, 2.05) is 23.9 Å². The Hall–Kier alpha value is -1.07. The van der Waals surface area contributed by atoms with Crippen molar-refractivity contribution in [1.29, 1.82) is 0 Å². The van der Waals surface area contributed by atoms with Crippen LogP contribution in [0.4, 0.5) is 0 Å². The van der Waals surface area contributed by atoms with Crippen LogP contribution in [-0.4, -0.2) is 33.1 Å². The molecule has 2 unspecified atom stereocenters. The molecule has 1 aromatic rings. The van der Waals surface area contributed by atoms with Gasteiger partial charge in [-0.2, -0.15) is 0 Å². The summed E-state index contributed by atoms with van der Waals surface area (Å²) in [5.41, 5.74) is 1.16. The van der Waals surface area contributed by atoms with Crippen molar-refractivity contribution in [3.8, 4) is 17.2 Å². The minimum absolute atomic E-state index is 0.275. The second-order valence-corrected chi connectivity index (χ2v) is 6.08. The lowest BCUT2D eigenvalue weighted by atomic mass is 10.1. The molecule has 19 heavy (non-hydrogen) atoms. The Morgan fingerprint density at radius 3 is 2.21 bits per heavy atom. The first-order valence-corrected chi connectivity index (χ1v) is 7.32. The molecule has 0 saturated carbocycles. The normalized spacial score (nSPS) is 22.9. The van der Waals surface area contributed by atoms with Gasteiger partial charge in [0.1, 0.15) is 0 Å². The van der Waals surface area contributed by atoms with Crippen LogP contribution in [0.1, 0.15) is 24.3 Å². The van der Waals surface area contributed by atoms with Crippen LogP contribution in [0, 0.1) is 0 Å². The fraction of sp³-hybridized carbons (Fsp3) is 0.571. The highest BCUT2D eigenvalue weighted by molar-refractivity contribution is 8.00. The van der Waals surface area contributed by atoms with E-state index in [-0.39, 0.29) is 5.37 Å². The summed E-state index contributed by atoms with van der Waals surface area (Å²) in [5, 5.41) is 4.45. The van der Waals surface area contributed by atoms with Crippen LogP contribution in [-0.2, 0) is 0 Å². The molecule has 2 rings (SSSR count). The zero-order valence-corrected chi connectivity index (χ0v) is 12.7. The lowest BCUT2D eigenvalue weighted by molar-refractivity contribution is 0.323. The van der Waals surface area contributed by atoms with E-state index >= 15 is 0 Å². The molecular formula is C14H21NO3S. The predicted molar refractivity (Wildman–Crippen MR) is 78.5 cm³/mol. The molecule has 1 aliphatic rings. The molecule has 106 valence electrons. The van der Waals surface area contributed by atoms with Crippen molar-refractivity contribution in [2.75, 3.05) is 27.9 Å². The molecule has 1 saturated heterocycles. The van der Waals surface area contributed by atoms with Crippen LogP contribution in [0.5, 0.6) is 17.2 Å². The van der Waals surface area contributed by atoms with Crippen LogP contribution in [0.3, 0.4) is 0 Å². The number of rotatable bonds is 4. The lowest BCUT2D eigenvalue weighted by Gasteiger charge is -2.28. The van der Waals surface area contributed by atoms with Gasteiger partial charge in [-0.25, -0.2) is 0 Å². The Morgan fingerprint density at radius 1 is 1.11 bits per heavy atom. The predicted octanol–water partition coefficient (Wildman–Crippen LogP) is 2.83. The van der Waals surface area contributed by atoms with E-state index in [9.17, 15) is 0 Å². The summed E-state index contributed by atoms with van der Waals surface area (Å²) in [6.45, 7) is 3.30. The highest BCUT2D eigenvalue weighted by Gasteiger charge is 2.23. The van der Waals surface area contributed by atoms with Gasteiger partial charge >= 0.3 is 0 Å². The van der Waals surface area contributed by atoms with Crippen molar-refractivity contribution in [2.45, 2.75) is 24.0 Å². The third-order valence-electron chi connectivity index (χ3n) is 3.24. The van der Waals surface area contributed by atoms with Crippen molar-refractivity contribution in [1.82, 2.24) is 5.32 Å². The van der Waals surface area contributed by atoms with Gasteiger partial charge in [-0.1, -0.05) is 6.92 Å². The lowest BCUT2D eigenvalue weighted by Crippen LogP contribution is -2.28. The van der Waals surface area contributed by atoms with E-state index in [0.29, 0.717) is 22.5 Å². The maximum absolute atomic E-state index is 5.39. The Bertz CT molecular complexity index is 414. The first-order chi connectivity index (χ1) is 9.19. The average molecular weight is 283 g/mol. The Morgan fingerprint density at radius 2 is 1.74 bits per heavy atom. The van der Waals surface area contributed by atoms with Crippen LogP contribution in [0.15, 0.2) is 12.1 Å². The maximum atomic E-state index is 5.39. The van der Waals surface area contributed by atoms with Gasteiger partial charge in [0.25, 0.3) is 0 Å². The number of hydrogen-bond donors (Lipinski definition) is 1. The van der Waals surface area contributed by atoms with E-state index in [2.05, 4.69) is 12.2 Å². The van der Waals surface area contributed by atoms with E-state index in [0.717, 1.165) is 12.1 Å². The molecule has 1 heterocycles. The van der Waals surface area contributed by atoms with Gasteiger partial charge in [0.15, 0.2) is 11.5 Å². The van der Waals surface area contributed by atoms with Gasteiger partial charge in [-0.05, 0) is 30.7 Å². The van der Waals surface area contributed by atoms with Crippen LogP contribution < -0.4 is 19.5 Å². The minimum Gasteiger partial charge on any atom is -0.493 e. The van der Waals surface area contributed by atoms with Gasteiger partial charge in [0.05, 0.1) is 26.7 Å². The second kappa shape index (κ2) is 6.39. The summed E-state index contributed by atoms with van der Waals surface area (Å²) in [4.78, 5) is 0. The molecule has 0 radical (unpaired) electrons. The molecule has 2 atom stereocenters. The van der Waals surface area contributed by atoms with E-state index in [1.165, 1.54) is 6.42 Å². The molecule has 0 aromatic heterocycles. The average Bonchev–Trinajstić information content (AvgIpc) is 2.45. The molecule has 0 aliphatic carbocycles. The standard InChI is InChI=1S/C14H21NO3S/c1-9-5-6-15-14(19-9)10-7-11(16-2)13(18-4)12(8-10)17-3/h7-9,14-15H,5-6H2,1-4H3. The second-order valence-electron chi connectivity index (χ2n) is 4.53. The van der Waals surface area contributed by atoms with Gasteiger partial charge in [0, 0.05) is 5.25 Å². The van der Waals surface area contributed by atoms with E-state index in [4.69, 9.17) is 14.2 Å². The zero-order chi connectivity index (χ0) is 13.8. The summed E-state index contributed by atoms with van der Waals surface area (Å²) < 4.78 is 16.1. The minimum atomic E-state index is 0.275. The first kappa shape index (κ1) is 14.3. The topological polar surface area (TPSA) is 39.7 Å². The molecule has 0 spiro atoms. The third kappa shape index (κ3) is 3.09. The maximum Gasteiger partial charge on any atom is 0.203 e. The van der Waals surface area contributed by atoms with E-state index in [1.54, 1.807) is 21.3 Å². The van der Waals surface area contributed by atoms with Crippen LogP contribution in [0.25, 0.3) is 0 Å². The number of nitrogens with one attached hydrogen (secondary N) is 1. The van der Waals surface area contributed by atoms with Crippen molar-refractivity contribution >= 4 is 11.8 Å². The van der Waals surface area contributed by atoms with Gasteiger partial charge in [0.2, 0.25) is 5.75 Å². The quantitative estimate of drug-likeness (QED) is 0.920. The molecule has 5 heteroatoms. The molecule has 0 amide bonds. The number of benzene rings is 1. The Balaban J connectivity index is 2.35. The first-order valence-electron chi connectivity index (χ1n) is 6.38.